The summed E-state index contributed by atoms with van der Waals surface area (Å²) in [6, 6.07) is 0.384. The van der Waals surface area contributed by atoms with Crippen LogP contribution in [0.25, 0.3) is 0 Å². The number of ether oxygens (including phenoxy) is 1. The number of rotatable bonds is 3. The first-order chi connectivity index (χ1) is 6.27. The minimum atomic E-state index is -0.497. The van der Waals surface area contributed by atoms with E-state index in [1.807, 2.05) is 0 Å². The van der Waals surface area contributed by atoms with E-state index in [1.165, 1.54) is 0 Å². The van der Waals surface area contributed by atoms with Crippen LogP contribution in [0.4, 0.5) is 0 Å². The van der Waals surface area contributed by atoms with E-state index in [2.05, 4.69) is 5.32 Å². The molecule has 2 atom stereocenters. The Morgan fingerprint density at radius 3 is 2.77 bits per heavy atom. The molecule has 1 aliphatic heterocycles. The number of halogens is 1. The zero-order valence-corrected chi connectivity index (χ0v) is 8.22. The highest BCUT2D eigenvalue weighted by Gasteiger charge is 2.33. The van der Waals surface area contributed by atoms with Gasteiger partial charge in [-0.2, -0.15) is 0 Å². The molecule has 0 aromatic heterocycles. The van der Waals surface area contributed by atoms with Gasteiger partial charge in [-0.15, -0.1) is 11.6 Å². The number of amides is 1. The minimum Gasteiger partial charge on any atom is -0.376 e. The number of nitrogens with one attached hydrogen (secondary N) is 1. The molecule has 0 aromatic rings. The summed E-state index contributed by atoms with van der Waals surface area (Å²) in [6.45, 7) is 0.741. The highest BCUT2D eigenvalue weighted by atomic mass is 35.5. The molecular formula is C9H14ClNO2. The zero-order valence-electron chi connectivity index (χ0n) is 7.46. The standard InChI is InChI=1S/C9H14ClNO2/c10-8(7-2-1-5-13-7)9(12)11-6-3-4-6/h6-8H,1-5H2,(H,11,12). The number of alkyl halides is 1. The van der Waals surface area contributed by atoms with E-state index >= 15 is 0 Å². The monoisotopic (exact) mass is 203 g/mol. The maximum Gasteiger partial charge on any atom is 0.240 e. The van der Waals surface area contributed by atoms with Gasteiger partial charge < -0.3 is 10.1 Å². The molecule has 2 rings (SSSR count). The van der Waals surface area contributed by atoms with Gasteiger partial charge in [-0.05, 0) is 25.7 Å². The Morgan fingerprint density at radius 1 is 1.46 bits per heavy atom. The van der Waals surface area contributed by atoms with Gasteiger partial charge >= 0.3 is 0 Å². The van der Waals surface area contributed by atoms with Crippen LogP contribution in [0.1, 0.15) is 25.7 Å². The molecule has 1 N–H and O–H groups in total. The second-order valence-corrected chi connectivity index (χ2v) is 4.21. The first kappa shape index (κ1) is 9.28. The molecule has 0 radical (unpaired) electrons. The van der Waals surface area contributed by atoms with Gasteiger partial charge in [0, 0.05) is 12.6 Å². The summed E-state index contributed by atoms with van der Waals surface area (Å²) in [4.78, 5) is 11.5. The average Bonchev–Trinajstić information content (AvgIpc) is 2.78. The Hall–Kier alpha value is -0.280. The third-order valence-electron chi connectivity index (χ3n) is 2.47. The van der Waals surface area contributed by atoms with Crippen LogP contribution in [0.15, 0.2) is 0 Å². The number of hydrogen-bond donors (Lipinski definition) is 1. The smallest absolute Gasteiger partial charge is 0.240 e. The van der Waals surface area contributed by atoms with Crippen molar-refractivity contribution in [1.82, 2.24) is 5.32 Å². The van der Waals surface area contributed by atoms with Crippen molar-refractivity contribution < 1.29 is 9.53 Å². The van der Waals surface area contributed by atoms with E-state index in [0.29, 0.717) is 6.04 Å². The van der Waals surface area contributed by atoms with Crippen LogP contribution in [-0.2, 0) is 9.53 Å². The summed E-state index contributed by atoms with van der Waals surface area (Å²) >= 11 is 5.97. The first-order valence-electron chi connectivity index (χ1n) is 4.83. The highest BCUT2D eigenvalue weighted by Crippen LogP contribution is 2.23. The summed E-state index contributed by atoms with van der Waals surface area (Å²) in [5.41, 5.74) is 0. The quantitative estimate of drug-likeness (QED) is 0.697. The van der Waals surface area contributed by atoms with E-state index in [9.17, 15) is 4.79 Å². The Labute approximate surface area is 82.8 Å². The lowest BCUT2D eigenvalue weighted by molar-refractivity contribution is -0.122. The Kier molecular flexibility index (Phi) is 2.74. The second kappa shape index (κ2) is 3.84. The van der Waals surface area contributed by atoms with Gasteiger partial charge in [-0.1, -0.05) is 0 Å². The Balaban J connectivity index is 1.79. The van der Waals surface area contributed by atoms with Crippen LogP contribution in [-0.4, -0.2) is 30.0 Å². The second-order valence-electron chi connectivity index (χ2n) is 3.74. The molecule has 3 nitrogen and oxygen atoms in total. The summed E-state index contributed by atoms with van der Waals surface area (Å²) in [5, 5.41) is 2.38. The lowest BCUT2D eigenvalue weighted by atomic mass is 10.1. The summed E-state index contributed by atoms with van der Waals surface area (Å²) in [6.07, 6.45) is 4.05. The van der Waals surface area contributed by atoms with E-state index in [4.69, 9.17) is 16.3 Å². The average molecular weight is 204 g/mol. The normalized spacial score (nSPS) is 30.1. The van der Waals surface area contributed by atoms with Crippen LogP contribution in [0.5, 0.6) is 0 Å². The van der Waals surface area contributed by atoms with Crippen molar-refractivity contribution in [1.29, 1.82) is 0 Å². The van der Waals surface area contributed by atoms with E-state index < -0.39 is 5.38 Å². The van der Waals surface area contributed by atoms with Crippen LogP contribution in [0.2, 0.25) is 0 Å². The molecule has 1 heterocycles. The van der Waals surface area contributed by atoms with Crippen molar-refractivity contribution in [3.05, 3.63) is 0 Å². The molecule has 0 bridgehead atoms. The molecule has 0 aromatic carbocycles. The number of carbonyl (C=O) groups is 1. The third-order valence-corrected chi connectivity index (χ3v) is 2.94. The SMILES string of the molecule is O=C(NC1CC1)C(Cl)C1CCCO1. The molecule has 4 heteroatoms. The van der Waals surface area contributed by atoms with Gasteiger partial charge in [0.2, 0.25) is 5.91 Å². The molecule has 13 heavy (non-hydrogen) atoms. The highest BCUT2D eigenvalue weighted by molar-refractivity contribution is 6.31. The van der Waals surface area contributed by atoms with E-state index in [1.54, 1.807) is 0 Å². The third kappa shape index (κ3) is 2.35. The lowest BCUT2D eigenvalue weighted by Crippen LogP contribution is -2.39. The van der Waals surface area contributed by atoms with Crippen LogP contribution >= 0.6 is 11.6 Å². The molecule has 1 saturated heterocycles. The van der Waals surface area contributed by atoms with Gasteiger partial charge in [0.15, 0.2) is 0 Å². The maximum absolute atomic E-state index is 11.5. The molecule has 2 fully saturated rings. The summed E-state index contributed by atoms with van der Waals surface area (Å²) in [7, 11) is 0. The van der Waals surface area contributed by atoms with Crippen LogP contribution < -0.4 is 5.32 Å². The molecule has 1 amide bonds. The molecular weight excluding hydrogens is 190 g/mol. The van der Waals surface area contributed by atoms with Crippen molar-refractivity contribution >= 4 is 17.5 Å². The first-order valence-corrected chi connectivity index (χ1v) is 5.27. The van der Waals surface area contributed by atoms with Gasteiger partial charge in [-0.3, -0.25) is 4.79 Å². The largest absolute Gasteiger partial charge is 0.376 e. The van der Waals surface area contributed by atoms with Crippen LogP contribution in [0, 0.1) is 0 Å². The lowest BCUT2D eigenvalue weighted by Gasteiger charge is -2.15. The topological polar surface area (TPSA) is 38.3 Å². The molecule has 74 valence electrons. The molecule has 0 spiro atoms. The summed E-state index contributed by atoms with van der Waals surface area (Å²) < 4.78 is 5.35. The molecule has 1 saturated carbocycles. The minimum absolute atomic E-state index is 0.0592. The maximum atomic E-state index is 11.5. The van der Waals surface area contributed by atoms with Crippen molar-refractivity contribution in [3.8, 4) is 0 Å². The predicted octanol–water partition coefficient (Wildman–Crippen LogP) is 1.05. The van der Waals surface area contributed by atoms with Crippen LogP contribution in [0.3, 0.4) is 0 Å². The van der Waals surface area contributed by atoms with Gasteiger partial charge in [0.05, 0.1) is 6.10 Å². The van der Waals surface area contributed by atoms with Crippen molar-refractivity contribution in [3.63, 3.8) is 0 Å². The summed E-state index contributed by atoms with van der Waals surface area (Å²) in [5.74, 6) is -0.0592. The zero-order chi connectivity index (χ0) is 9.26. The van der Waals surface area contributed by atoms with E-state index in [-0.39, 0.29) is 12.0 Å². The molecule has 2 unspecified atom stereocenters. The molecule has 2 aliphatic rings. The van der Waals surface area contributed by atoms with Gasteiger partial charge in [0.25, 0.3) is 0 Å². The fourth-order valence-electron chi connectivity index (χ4n) is 1.51. The number of carbonyl (C=O) groups excluding carboxylic acids is 1. The van der Waals surface area contributed by atoms with Crippen molar-refractivity contribution in [2.75, 3.05) is 6.61 Å². The van der Waals surface area contributed by atoms with Gasteiger partial charge in [-0.25, -0.2) is 0 Å². The predicted molar refractivity (Wildman–Crippen MR) is 49.8 cm³/mol. The Morgan fingerprint density at radius 2 is 2.23 bits per heavy atom. The number of hydrogen-bond acceptors (Lipinski definition) is 2. The molecule has 1 aliphatic carbocycles. The fourth-order valence-corrected chi connectivity index (χ4v) is 1.77. The van der Waals surface area contributed by atoms with Crippen molar-refractivity contribution in [2.45, 2.75) is 43.2 Å². The van der Waals surface area contributed by atoms with E-state index in [0.717, 1.165) is 32.3 Å². The fraction of sp³-hybridized carbons (Fsp3) is 0.889. The van der Waals surface area contributed by atoms with Crippen molar-refractivity contribution in [2.24, 2.45) is 0 Å². The van der Waals surface area contributed by atoms with Gasteiger partial charge in [0.1, 0.15) is 5.38 Å². The Bertz CT molecular complexity index is 200.